The fourth-order valence-electron chi connectivity index (χ4n) is 3.74. The summed E-state index contributed by atoms with van der Waals surface area (Å²) in [5, 5.41) is 2.78. The van der Waals surface area contributed by atoms with Crippen LogP contribution in [0.1, 0.15) is 10.6 Å². The number of carbonyl (C=O) groups excluding carboxylic acids is 2. The van der Waals surface area contributed by atoms with E-state index in [2.05, 4.69) is 5.32 Å². The first kappa shape index (κ1) is 22.5. The van der Waals surface area contributed by atoms with E-state index >= 15 is 0 Å². The number of sulfonamides is 1. The van der Waals surface area contributed by atoms with Crippen molar-refractivity contribution in [2.24, 2.45) is 0 Å². The SMILES string of the molecule is O=C(CN1CCN(C(=O)c2ccco2)CC1)Nc1cccc(S(=O)(=O)N2CCOCC2)c1. The summed E-state index contributed by atoms with van der Waals surface area (Å²) in [6, 6.07) is 9.58. The van der Waals surface area contributed by atoms with E-state index in [9.17, 15) is 18.0 Å². The third-order valence-corrected chi connectivity index (χ3v) is 7.38. The first-order valence-electron chi connectivity index (χ1n) is 10.5. The fraction of sp³-hybridized carbons (Fsp3) is 0.429. The third-order valence-electron chi connectivity index (χ3n) is 5.48. The lowest BCUT2D eigenvalue weighted by molar-refractivity contribution is -0.117. The highest BCUT2D eigenvalue weighted by atomic mass is 32.2. The van der Waals surface area contributed by atoms with Crippen molar-refractivity contribution in [3.63, 3.8) is 0 Å². The van der Waals surface area contributed by atoms with Gasteiger partial charge >= 0.3 is 0 Å². The van der Waals surface area contributed by atoms with Crippen LogP contribution >= 0.6 is 0 Å². The maximum absolute atomic E-state index is 12.8. The third kappa shape index (κ3) is 5.18. The first-order chi connectivity index (χ1) is 15.4. The number of nitrogens with one attached hydrogen (secondary N) is 1. The Morgan fingerprint density at radius 1 is 0.969 bits per heavy atom. The molecule has 32 heavy (non-hydrogen) atoms. The Hall–Kier alpha value is -2.73. The van der Waals surface area contributed by atoms with Crippen LogP contribution in [0.15, 0.2) is 52.0 Å². The normalized spacial score (nSPS) is 18.4. The van der Waals surface area contributed by atoms with Crippen LogP contribution in [0.5, 0.6) is 0 Å². The maximum Gasteiger partial charge on any atom is 0.289 e. The smallest absolute Gasteiger partial charge is 0.289 e. The molecule has 11 heteroatoms. The molecule has 2 fully saturated rings. The van der Waals surface area contributed by atoms with Crippen molar-refractivity contribution in [2.45, 2.75) is 4.90 Å². The topological polar surface area (TPSA) is 112 Å². The summed E-state index contributed by atoms with van der Waals surface area (Å²) < 4.78 is 37.4. The number of rotatable bonds is 6. The molecule has 172 valence electrons. The zero-order valence-electron chi connectivity index (χ0n) is 17.6. The Morgan fingerprint density at radius 3 is 2.41 bits per heavy atom. The molecule has 2 aromatic rings. The van der Waals surface area contributed by atoms with Crippen LogP contribution in [0.2, 0.25) is 0 Å². The number of hydrogen-bond donors (Lipinski definition) is 1. The van der Waals surface area contributed by atoms with Crippen LogP contribution in [-0.2, 0) is 19.6 Å². The lowest BCUT2D eigenvalue weighted by Gasteiger charge is -2.33. The molecule has 2 amide bonds. The van der Waals surface area contributed by atoms with Gasteiger partial charge in [-0.25, -0.2) is 8.42 Å². The minimum Gasteiger partial charge on any atom is -0.459 e. The molecule has 2 aliphatic heterocycles. The van der Waals surface area contributed by atoms with Crippen molar-refractivity contribution < 1.29 is 27.2 Å². The van der Waals surface area contributed by atoms with Crippen molar-refractivity contribution in [1.29, 1.82) is 0 Å². The number of hydrogen-bond acceptors (Lipinski definition) is 7. The molecule has 0 spiro atoms. The second-order valence-electron chi connectivity index (χ2n) is 7.64. The van der Waals surface area contributed by atoms with Crippen LogP contribution in [0.25, 0.3) is 0 Å². The molecule has 0 radical (unpaired) electrons. The van der Waals surface area contributed by atoms with Crippen LogP contribution in [-0.4, -0.2) is 93.4 Å². The molecule has 3 heterocycles. The largest absolute Gasteiger partial charge is 0.459 e. The number of furan rings is 1. The Labute approximate surface area is 186 Å². The molecule has 4 rings (SSSR count). The van der Waals surface area contributed by atoms with E-state index in [1.807, 2.05) is 4.90 Å². The zero-order valence-corrected chi connectivity index (χ0v) is 18.4. The second-order valence-corrected chi connectivity index (χ2v) is 9.58. The Kier molecular flexibility index (Phi) is 6.89. The number of morpholine rings is 1. The Morgan fingerprint density at radius 2 is 1.72 bits per heavy atom. The molecule has 0 atom stereocenters. The Bertz CT molecular complexity index is 1040. The molecule has 1 aromatic heterocycles. The van der Waals surface area contributed by atoms with Gasteiger partial charge in [-0.05, 0) is 30.3 Å². The van der Waals surface area contributed by atoms with Gasteiger partial charge in [0.1, 0.15) is 0 Å². The second kappa shape index (κ2) is 9.82. The summed E-state index contributed by atoms with van der Waals surface area (Å²) in [4.78, 5) is 28.7. The number of anilines is 1. The number of piperazine rings is 1. The van der Waals surface area contributed by atoms with Crippen molar-refractivity contribution in [3.8, 4) is 0 Å². The van der Waals surface area contributed by atoms with Crippen LogP contribution in [0.3, 0.4) is 0 Å². The first-order valence-corrected chi connectivity index (χ1v) is 11.9. The van der Waals surface area contributed by atoms with Gasteiger partial charge in [-0.3, -0.25) is 14.5 Å². The summed E-state index contributed by atoms with van der Waals surface area (Å²) >= 11 is 0. The van der Waals surface area contributed by atoms with Gasteiger partial charge in [0, 0.05) is 45.0 Å². The van der Waals surface area contributed by atoms with Crippen molar-refractivity contribution in [1.82, 2.24) is 14.1 Å². The van der Waals surface area contributed by atoms with Crippen molar-refractivity contribution >= 4 is 27.5 Å². The van der Waals surface area contributed by atoms with Crippen molar-refractivity contribution in [2.75, 3.05) is 64.3 Å². The van der Waals surface area contributed by atoms with Crippen LogP contribution in [0.4, 0.5) is 5.69 Å². The van der Waals surface area contributed by atoms with Gasteiger partial charge in [0.25, 0.3) is 5.91 Å². The van der Waals surface area contributed by atoms with Gasteiger partial charge in [0.15, 0.2) is 5.76 Å². The molecule has 1 N–H and O–H groups in total. The summed E-state index contributed by atoms with van der Waals surface area (Å²) in [5.41, 5.74) is 0.427. The van der Waals surface area contributed by atoms with E-state index in [0.717, 1.165) is 0 Å². The average Bonchev–Trinajstić information content (AvgIpc) is 3.35. The molecular weight excluding hydrogens is 436 g/mol. The predicted octanol–water partition coefficient (Wildman–Crippen LogP) is 0.697. The zero-order chi connectivity index (χ0) is 22.6. The van der Waals surface area contributed by atoms with Crippen molar-refractivity contribution in [3.05, 3.63) is 48.4 Å². The molecule has 1 aromatic carbocycles. The molecule has 0 aliphatic carbocycles. The van der Waals surface area contributed by atoms with Gasteiger partial charge < -0.3 is 19.4 Å². The average molecular weight is 463 g/mol. The molecule has 2 aliphatic rings. The molecule has 10 nitrogen and oxygen atoms in total. The molecule has 0 saturated carbocycles. The summed E-state index contributed by atoms with van der Waals surface area (Å²) in [6.07, 6.45) is 1.47. The van der Waals surface area contributed by atoms with E-state index in [0.29, 0.717) is 63.9 Å². The molecular formula is C21H26N4O6S. The highest BCUT2D eigenvalue weighted by Gasteiger charge is 2.27. The van der Waals surface area contributed by atoms with Gasteiger partial charge in [0.2, 0.25) is 15.9 Å². The Balaban J connectivity index is 1.30. The predicted molar refractivity (Wildman–Crippen MR) is 116 cm³/mol. The number of benzene rings is 1. The van der Waals surface area contributed by atoms with Crippen LogP contribution in [0, 0.1) is 0 Å². The highest BCUT2D eigenvalue weighted by Crippen LogP contribution is 2.20. The minimum atomic E-state index is -3.63. The van der Waals surface area contributed by atoms with Gasteiger partial charge in [-0.15, -0.1) is 0 Å². The molecule has 0 unspecified atom stereocenters. The monoisotopic (exact) mass is 462 g/mol. The van der Waals surface area contributed by atoms with E-state index in [1.54, 1.807) is 29.2 Å². The fourth-order valence-corrected chi connectivity index (χ4v) is 5.19. The number of ether oxygens (including phenoxy) is 1. The summed E-state index contributed by atoms with van der Waals surface area (Å²) in [6.45, 7) is 3.65. The van der Waals surface area contributed by atoms with E-state index in [1.165, 1.54) is 22.7 Å². The quantitative estimate of drug-likeness (QED) is 0.672. The van der Waals surface area contributed by atoms with Crippen LogP contribution < -0.4 is 5.32 Å². The number of nitrogens with zero attached hydrogens (tertiary/aromatic N) is 3. The minimum absolute atomic E-state index is 0.141. The molecule has 2 saturated heterocycles. The number of carbonyl (C=O) groups is 2. The lowest BCUT2D eigenvalue weighted by Crippen LogP contribution is -2.50. The maximum atomic E-state index is 12.8. The van der Waals surface area contributed by atoms with Gasteiger partial charge in [-0.2, -0.15) is 4.31 Å². The number of amides is 2. The lowest BCUT2D eigenvalue weighted by atomic mass is 10.2. The van der Waals surface area contributed by atoms with E-state index in [4.69, 9.17) is 9.15 Å². The summed E-state index contributed by atoms with van der Waals surface area (Å²) in [7, 11) is -3.63. The van der Waals surface area contributed by atoms with E-state index < -0.39 is 10.0 Å². The van der Waals surface area contributed by atoms with Gasteiger partial charge in [0.05, 0.1) is 30.9 Å². The van der Waals surface area contributed by atoms with Gasteiger partial charge in [-0.1, -0.05) is 6.07 Å². The molecule has 0 bridgehead atoms. The standard InChI is InChI=1S/C21H26N4O6S/c26-20(16-23-6-8-24(9-7-23)21(27)19-5-2-12-31-19)22-17-3-1-4-18(15-17)32(28,29)25-10-13-30-14-11-25/h1-5,12,15H,6-11,13-14,16H2,(H,22,26). The summed E-state index contributed by atoms with van der Waals surface area (Å²) in [5.74, 6) is -0.0859. The highest BCUT2D eigenvalue weighted by molar-refractivity contribution is 7.89. The van der Waals surface area contributed by atoms with E-state index in [-0.39, 0.29) is 23.3 Å².